The van der Waals surface area contributed by atoms with Crippen molar-refractivity contribution in [3.05, 3.63) is 58.9 Å². The molecule has 1 unspecified atom stereocenters. The quantitative estimate of drug-likeness (QED) is 0.701. The second kappa shape index (κ2) is 7.05. The summed E-state index contributed by atoms with van der Waals surface area (Å²) in [5, 5.41) is 0. The molecule has 1 fully saturated rings. The maximum Gasteiger partial charge on any atom is 0.354 e. The second-order valence-corrected chi connectivity index (χ2v) is 7.67. The summed E-state index contributed by atoms with van der Waals surface area (Å²) in [6, 6.07) is 9.21. The molecule has 3 aliphatic heterocycles. The van der Waals surface area contributed by atoms with E-state index in [4.69, 9.17) is 14.2 Å². The summed E-state index contributed by atoms with van der Waals surface area (Å²) in [5.41, 5.74) is 0.0148. The first-order valence-corrected chi connectivity index (χ1v) is 9.83. The van der Waals surface area contributed by atoms with Crippen LogP contribution in [0.15, 0.2) is 36.4 Å². The molecule has 0 aromatic heterocycles. The number of anilines is 1. The molecule has 0 spiro atoms. The Kier molecular flexibility index (Phi) is 4.44. The van der Waals surface area contributed by atoms with Crippen molar-refractivity contribution in [2.75, 3.05) is 18.7 Å². The van der Waals surface area contributed by atoms with Crippen LogP contribution >= 0.6 is 0 Å². The predicted octanol–water partition coefficient (Wildman–Crippen LogP) is 2.34. The molecule has 3 aliphatic rings. The minimum atomic E-state index is -1.58. The topological polar surface area (TPSA) is 85.4 Å². The molecule has 160 valence electrons. The molecule has 2 aromatic carbocycles. The minimum absolute atomic E-state index is 0.0137. The molecule has 0 aliphatic carbocycles. The number of likely N-dealkylation sites (N-methyl/N-ethyl adjacent to an activating group) is 1. The van der Waals surface area contributed by atoms with Crippen LogP contribution in [0.1, 0.15) is 34.3 Å². The third-order valence-corrected chi connectivity index (χ3v) is 5.98. The van der Waals surface area contributed by atoms with Crippen LogP contribution in [0.5, 0.6) is 5.75 Å². The van der Waals surface area contributed by atoms with Gasteiger partial charge in [-0.1, -0.05) is 12.1 Å². The highest BCUT2D eigenvalue weighted by Crippen LogP contribution is 2.44. The van der Waals surface area contributed by atoms with E-state index in [1.54, 1.807) is 24.3 Å². The van der Waals surface area contributed by atoms with Crippen LogP contribution in [0.2, 0.25) is 0 Å². The number of nitrogens with zero attached hydrogens (tertiary/aromatic N) is 2. The Morgan fingerprint density at radius 3 is 2.90 bits per heavy atom. The number of ether oxygens (including phenoxy) is 3. The van der Waals surface area contributed by atoms with Gasteiger partial charge in [0.15, 0.2) is 6.79 Å². The van der Waals surface area contributed by atoms with Gasteiger partial charge in [-0.05, 0) is 24.3 Å². The molecule has 0 bridgehead atoms. The molecule has 2 aromatic rings. The van der Waals surface area contributed by atoms with Gasteiger partial charge < -0.3 is 19.1 Å². The number of para-hydroxylation sites is 1. The number of carbonyl (C=O) groups excluding carboxylic acids is 3. The van der Waals surface area contributed by atoms with Crippen LogP contribution in [-0.4, -0.2) is 42.2 Å². The summed E-state index contributed by atoms with van der Waals surface area (Å²) in [6.45, 7) is -0.0690. The van der Waals surface area contributed by atoms with E-state index in [1.165, 1.54) is 29.0 Å². The Morgan fingerprint density at radius 2 is 2.06 bits per heavy atom. The fourth-order valence-electron chi connectivity index (χ4n) is 4.51. The van der Waals surface area contributed by atoms with Gasteiger partial charge in [0.05, 0.1) is 17.9 Å². The maximum atomic E-state index is 14.0. The van der Waals surface area contributed by atoms with Gasteiger partial charge in [0, 0.05) is 31.0 Å². The third kappa shape index (κ3) is 2.80. The normalized spacial score (nSPS) is 21.9. The van der Waals surface area contributed by atoms with Gasteiger partial charge >= 0.3 is 5.97 Å². The molecule has 0 saturated carbocycles. The minimum Gasteiger partial charge on any atom is -0.467 e. The van der Waals surface area contributed by atoms with E-state index in [0.717, 1.165) is 0 Å². The zero-order valence-corrected chi connectivity index (χ0v) is 16.7. The first-order chi connectivity index (χ1) is 14.9. The lowest BCUT2D eigenvalue weighted by Gasteiger charge is -2.46. The van der Waals surface area contributed by atoms with Crippen molar-refractivity contribution >= 4 is 23.5 Å². The van der Waals surface area contributed by atoms with E-state index >= 15 is 0 Å². The van der Waals surface area contributed by atoms with Crippen LogP contribution in [-0.2, 0) is 32.3 Å². The fourth-order valence-corrected chi connectivity index (χ4v) is 4.51. The zero-order valence-electron chi connectivity index (χ0n) is 16.7. The summed E-state index contributed by atoms with van der Waals surface area (Å²) in [6.07, 6.45) is 0.198. The number of amides is 2. The van der Waals surface area contributed by atoms with Crippen LogP contribution < -0.4 is 9.64 Å². The molecular formula is C22H19FN2O6. The standard InChI is InChI=1S/C22H19FN2O6/c1-24-20(27)16-4-2-3-5-17(16)25-18(26)6-7-22(24,25)21(28)30-11-14-9-15(23)8-13-10-29-12-31-19(13)14/h2-5,8-9H,6-7,10-12H2,1H3. The van der Waals surface area contributed by atoms with E-state index < -0.39 is 17.4 Å². The Hall–Kier alpha value is -3.46. The molecule has 31 heavy (non-hydrogen) atoms. The maximum absolute atomic E-state index is 14.0. The van der Waals surface area contributed by atoms with Gasteiger partial charge in [-0.2, -0.15) is 0 Å². The molecule has 2 amide bonds. The van der Waals surface area contributed by atoms with Crippen LogP contribution in [0, 0.1) is 5.82 Å². The third-order valence-electron chi connectivity index (χ3n) is 5.98. The monoisotopic (exact) mass is 426 g/mol. The van der Waals surface area contributed by atoms with Crippen LogP contribution in [0.3, 0.4) is 0 Å². The van der Waals surface area contributed by atoms with Gasteiger partial charge in [0.25, 0.3) is 5.91 Å². The highest BCUT2D eigenvalue weighted by molar-refractivity contribution is 6.15. The molecule has 0 radical (unpaired) electrons. The zero-order chi connectivity index (χ0) is 21.8. The first-order valence-electron chi connectivity index (χ1n) is 9.83. The van der Waals surface area contributed by atoms with Gasteiger partial charge in [-0.3, -0.25) is 14.5 Å². The summed E-state index contributed by atoms with van der Waals surface area (Å²) in [7, 11) is 1.48. The predicted molar refractivity (Wildman–Crippen MR) is 104 cm³/mol. The fraction of sp³-hybridized carbons (Fsp3) is 0.318. The number of esters is 1. The smallest absolute Gasteiger partial charge is 0.354 e. The lowest BCUT2D eigenvalue weighted by Crippen LogP contribution is -2.67. The number of rotatable bonds is 3. The Balaban J connectivity index is 1.49. The lowest BCUT2D eigenvalue weighted by atomic mass is 9.97. The first kappa shape index (κ1) is 19.5. The average molecular weight is 426 g/mol. The van der Waals surface area contributed by atoms with E-state index in [-0.39, 0.29) is 44.7 Å². The van der Waals surface area contributed by atoms with Crippen LogP contribution in [0.4, 0.5) is 10.1 Å². The molecule has 1 atom stereocenters. The second-order valence-electron chi connectivity index (χ2n) is 7.67. The van der Waals surface area contributed by atoms with Crippen molar-refractivity contribution in [2.24, 2.45) is 0 Å². The number of hydrogen-bond acceptors (Lipinski definition) is 6. The Labute approximate surface area is 177 Å². The largest absolute Gasteiger partial charge is 0.467 e. The van der Waals surface area contributed by atoms with Crippen molar-refractivity contribution in [3.63, 3.8) is 0 Å². The van der Waals surface area contributed by atoms with E-state index in [0.29, 0.717) is 28.1 Å². The Morgan fingerprint density at radius 1 is 1.26 bits per heavy atom. The van der Waals surface area contributed by atoms with E-state index in [9.17, 15) is 18.8 Å². The van der Waals surface area contributed by atoms with Crippen LogP contribution in [0.25, 0.3) is 0 Å². The SMILES string of the molecule is CN1C(=O)c2ccccc2N2C(=O)CCC12C(=O)OCc1cc(F)cc2c1OCOC2. The number of fused-ring (bicyclic) bond motifs is 4. The molecule has 8 nitrogen and oxygen atoms in total. The number of hydrogen-bond donors (Lipinski definition) is 0. The average Bonchev–Trinajstić information content (AvgIpc) is 3.14. The molecular weight excluding hydrogens is 407 g/mol. The van der Waals surface area contributed by atoms with Gasteiger partial charge in [0.2, 0.25) is 11.6 Å². The van der Waals surface area contributed by atoms with E-state index in [1.807, 2.05) is 0 Å². The van der Waals surface area contributed by atoms with Gasteiger partial charge in [-0.25, -0.2) is 9.18 Å². The molecule has 9 heteroatoms. The molecule has 0 N–H and O–H groups in total. The highest BCUT2D eigenvalue weighted by Gasteiger charge is 2.60. The molecule has 1 saturated heterocycles. The van der Waals surface area contributed by atoms with Crippen molar-refractivity contribution in [3.8, 4) is 5.75 Å². The van der Waals surface area contributed by atoms with Crippen molar-refractivity contribution < 1.29 is 33.0 Å². The summed E-state index contributed by atoms with van der Waals surface area (Å²) in [4.78, 5) is 41.7. The number of carbonyl (C=O) groups is 3. The van der Waals surface area contributed by atoms with Crippen molar-refractivity contribution in [2.45, 2.75) is 31.7 Å². The van der Waals surface area contributed by atoms with Crippen molar-refractivity contribution in [1.82, 2.24) is 4.90 Å². The van der Waals surface area contributed by atoms with Gasteiger partial charge in [-0.15, -0.1) is 0 Å². The summed E-state index contributed by atoms with van der Waals surface area (Å²) >= 11 is 0. The summed E-state index contributed by atoms with van der Waals surface area (Å²) in [5.74, 6) is -1.49. The molecule has 5 rings (SSSR count). The molecule has 3 heterocycles. The number of benzene rings is 2. The Bertz CT molecular complexity index is 1120. The van der Waals surface area contributed by atoms with Gasteiger partial charge in [0.1, 0.15) is 18.2 Å². The lowest BCUT2D eigenvalue weighted by molar-refractivity contribution is -0.158. The summed E-state index contributed by atoms with van der Waals surface area (Å²) < 4.78 is 30.2. The number of halogens is 1. The van der Waals surface area contributed by atoms with E-state index in [2.05, 4.69) is 0 Å². The highest BCUT2D eigenvalue weighted by atomic mass is 19.1. The van der Waals surface area contributed by atoms with Crippen molar-refractivity contribution in [1.29, 1.82) is 0 Å².